The highest BCUT2D eigenvalue weighted by Crippen LogP contribution is 2.41. The van der Waals surface area contributed by atoms with Crippen LogP contribution in [0, 0.1) is 0 Å². The molecule has 0 bridgehead atoms. The van der Waals surface area contributed by atoms with E-state index in [1.807, 2.05) is 63.5 Å². The molecule has 0 unspecified atom stereocenters. The maximum Gasteiger partial charge on any atom is 0.410 e. The second-order valence-electron chi connectivity index (χ2n) is 18.6. The van der Waals surface area contributed by atoms with Crippen LogP contribution in [-0.4, -0.2) is 120 Å². The molecule has 5 saturated heterocycles. The second-order valence-corrected chi connectivity index (χ2v) is 20.4. The lowest BCUT2D eigenvalue weighted by Gasteiger charge is -2.45. The zero-order chi connectivity index (χ0) is 41.0. The van der Waals surface area contributed by atoms with Gasteiger partial charge in [-0.15, -0.1) is 0 Å². The number of morpholine rings is 1. The van der Waals surface area contributed by atoms with E-state index in [1.54, 1.807) is 0 Å². The Labute approximate surface area is 366 Å². The van der Waals surface area contributed by atoms with E-state index in [1.165, 1.54) is 42.5 Å². The van der Waals surface area contributed by atoms with E-state index in [2.05, 4.69) is 54.9 Å². The number of anilines is 1. The smallest absolute Gasteiger partial charge is 0.410 e. The molecule has 2 aromatic carbocycles. The van der Waals surface area contributed by atoms with Gasteiger partial charge in [-0.05, 0) is 154 Å². The van der Waals surface area contributed by atoms with E-state index in [0.717, 1.165) is 119 Å². The number of rotatable bonds is 5. The van der Waals surface area contributed by atoms with Gasteiger partial charge in [-0.2, -0.15) is 0 Å². The van der Waals surface area contributed by atoms with E-state index in [0.29, 0.717) is 0 Å². The molecule has 7 rings (SSSR count). The first-order chi connectivity index (χ1) is 26.9. The first-order valence-corrected chi connectivity index (χ1v) is 22.5. The van der Waals surface area contributed by atoms with Gasteiger partial charge in [0.15, 0.2) is 0 Å². The fourth-order valence-corrected chi connectivity index (χ4v) is 10.5. The van der Waals surface area contributed by atoms with Crippen LogP contribution in [0.3, 0.4) is 0 Å². The second kappa shape index (κ2) is 19.6. The van der Waals surface area contributed by atoms with Gasteiger partial charge in [0, 0.05) is 83.6 Å². The molecule has 5 aliphatic heterocycles. The molecule has 0 radical (unpaired) electrons. The Balaban J connectivity index is 0.000000221. The lowest BCUT2D eigenvalue weighted by atomic mass is 9.85. The topological polar surface area (TPSA) is 78.0 Å². The average molecular weight is 910 g/mol. The van der Waals surface area contributed by atoms with E-state index in [-0.39, 0.29) is 30.7 Å². The van der Waals surface area contributed by atoms with Gasteiger partial charge >= 0.3 is 12.2 Å². The Bertz CT molecular complexity index is 1670. The molecule has 2 spiro atoms. The van der Waals surface area contributed by atoms with Crippen molar-refractivity contribution in [3.8, 4) is 0 Å². The van der Waals surface area contributed by atoms with Gasteiger partial charge in [0.05, 0.1) is 13.2 Å². The fourth-order valence-electron chi connectivity index (χ4n) is 9.35. The van der Waals surface area contributed by atoms with Crippen LogP contribution in [-0.2, 0) is 27.3 Å². The lowest BCUT2D eigenvalue weighted by molar-refractivity contribution is 0.000722. The van der Waals surface area contributed by atoms with Crippen molar-refractivity contribution in [1.29, 1.82) is 0 Å². The summed E-state index contributed by atoms with van der Waals surface area (Å²) in [5.74, 6) is 0. The molecular formula is C45H68BrCl2N5O5. The van der Waals surface area contributed by atoms with Gasteiger partial charge in [-0.3, -0.25) is 9.80 Å². The quantitative estimate of drug-likeness (QED) is 0.294. The number of carbonyl (C=O) groups excluding carboxylic acids is 2. The predicted molar refractivity (Wildman–Crippen MR) is 239 cm³/mol. The normalized spacial score (nSPS) is 21.1. The van der Waals surface area contributed by atoms with Crippen LogP contribution in [0.1, 0.15) is 111 Å². The number of halogens is 3. The highest BCUT2D eigenvalue weighted by Gasteiger charge is 2.45. The van der Waals surface area contributed by atoms with Crippen molar-refractivity contribution in [2.75, 3.05) is 70.5 Å². The van der Waals surface area contributed by atoms with Crippen LogP contribution in [0.4, 0.5) is 15.3 Å². The molecule has 2 amide bonds. The highest BCUT2D eigenvalue weighted by atomic mass is 79.9. The minimum atomic E-state index is -0.448. The van der Waals surface area contributed by atoms with Gasteiger partial charge in [0.1, 0.15) is 11.2 Å². The summed E-state index contributed by atoms with van der Waals surface area (Å²) in [6, 6.07) is 12.6. The zero-order valence-corrected chi connectivity index (χ0v) is 38.1. The molecule has 58 heavy (non-hydrogen) atoms. The Kier molecular flexibility index (Phi) is 15.8. The highest BCUT2D eigenvalue weighted by molar-refractivity contribution is 9.10. The third-order valence-electron chi connectivity index (χ3n) is 12.2. The SMILES string of the molecule is C.CC(C)(C)OC(=O)N1CCC2(CCCN2Cc2cc(Cl)cc(Br)c2)CC1.CC(C)(C)OC(=O)N1CCC2(CCCN2Cc2cc(Cl)cc(N3CCOCC3)c2)CC1. The standard InChI is InChI=1S/C24H36ClN3O3.C20H28BrClN2O2.CH4/c1-23(2,3)31-22(29)27-9-6-24(7-10-27)5-4-8-28(24)18-19-15-20(25)17-21(16-19)26-11-13-30-14-12-26;1-19(2,3)26-18(25)23-9-6-20(7-10-23)5-4-8-24(20)14-15-11-16(21)13-17(22)12-15;/h15-17H,4-14,18H2,1-3H3;11-13H,4-10,14H2,1-3H3;1H4. The third kappa shape index (κ3) is 12.4. The molecule has 5 heterocycles. The van der Waals surface area contributed by atoms with Crippen LogP contribution in [0.5, 0.6) is 0 Å². The Morgan fingerprint density at radius 3 is 1.50 bits per heavy atom. The summed E-state index contributed by atoms with van der Waals surface area (Å²) in [4.78, 5) is 36.1. The summed E-state index contributed by atoms with van der Waals surface area (Å²) in [5, 5.41) is 1.56. The van der Waals surface area contributed by atoms with Crippen LogP contribution < -0.4 is 4.90 Å². The van der Waals surface area contributed by atoms with E-state index in [4.69, 9.17) is 37.4 Å². The van der Waals surface area contributed by atoms with E-state index in [9.17, 15) is 9.59 Å². The summed E-state index contributed by atoms with van der Waals surface area (Å²) < 4.78 is 17.6. The molecule has 2 aromatic rings. The van der Waals surface area contributed by atoms with Crippen molar-refractivity contribution in [2.45, 2.75) is 136 Å². The minimum absolute atomic E-state index is 0. The molecule has 5 aliphatic rings. The minimum Gasteiger partial charge on any atom is -0.444 e. The van der Waals surface area contributed by atoms with Crippen molar-refractivity contribution in [1.82, 2.24) is 19.6 Å². The average Bonchev–Trinajstić information content (AvgIpc) is 3.69. The molecule has 0 aromatic heterocycles. The molecule has 13 heteroatoms. The molecule has 324 valence electrons. The first-order valence-electron chi connectivity index (χ1n) is 20.9. The molecule has 0 atom stereocenters. The molecular weight excluding hydrogens is 841 g/mol. The van der Waals surface area contributed by atoms with Crippen LogP contribution in [0.15, 0.2) is 40.9 Å². The summed E-state index contributed by atoms with van der Waals surface area (Å²) in [7, 11) is 0. The Morgan fingerprint density at radius 1 is 0.638 bits per heavy atom. The third-order valence-corrected chi connectivity index (χ3v) is 13.1. The van der Waals surface area contributed by atoms with Crippen molar-refractivity contribution in [3.05, 3.63) is 62.0 Å². The van der Waals surface area contributed by atoms with Crippen molar-refractivity contribution < 1.29 is 23.8 Å². The lowest BCUT2D eigenvalue weighted by Crippen LogP contribution is -2.53. The Morgan fingerprint density at radius 2 is 1.07 bits per heavy atom. The zero-order valence-electron chi connectivity index (χ0n) is 35.0. The number of amides is 2. The largest absolute Gasteiger partial charge is 0.444 e. The number of hydrogen-bond acceptors (Lipinski definition) is 8. The molecule has 0 saturated carbocycles. The van der Waals surface area contributed by atoms with Crippen LogP contribution >= 0.6 is 39.1 Å². The van der Waals surface area contributed by atoms with Crippen molar-refractivity contribution >= 4 is 57.0 Å². The number of likely N-dealkylation sites (tertiary alicyclic amines) is 4. The molecule has 0 N–H and O–H groups in total. The van der Waals surface area contributed by atoms with Crippen molar-refractivity contribution in [3.63, 3.8) is 0 Å². The Hall–Kier alpha value is -2.28. The van der Waals surface area contributed by atoms with Gasteiger partial charge in [0.25, 0.3) is 0 Å². The number of ether oxygens (including phenoxy) is 3. The number of benzene rings is 2. The first kappa shape index (κ1) is 46.8. The number of carbonyl (C=O) groups is 2. The number of hydrogen-bond donors (Lipinski definition) is 0. The fraction of sp³-hybridized carbons (Fsp3) is 0.689. The van der Waals surface area contributed by atoms with Gasteiger partial charge < -0.3 is 28.9 Å². The maximum atomic E-state index is 12.5. The van der Waals surface area contributed by atoms with Crippen LogP contribution in [0.2, 0.25) is 10.0 Å². The molecule has 5 fully saturated rings. The predicted octanol–water partition coefficient (Wildman–Crippen LogP) is 10.6. The van der Waals surface area contributed by atoms with Gasteiger partial charge in [-0.1, -0.05) is 46.6 Å². The number of piperidine rings is 2. The van der Waals surface area contributed by atoms with E-state index >= 15 is 0 Å². The van der Waals surface area contributed by atoms with E-state index < -0.39 is 11.2 Å². The van der Waals surface area contributed by atoms with Crippen molar-refractivity contribution in [2.24, 2.45) is 0 Å². The monoisotopic (exact) mass is 907 g/mol. The summed E-state index contributed by atoms with van der Waals surface area (Å²) in [6.45, 7) is 22.0. The summed E-state index contributed by atoms with van der Waals surface area (Å²) in [5.41, 5.74) is 3.19. The summed E-state index contributed by atoms with van der Waals surface area (Å²) >= 11 is 16.3. The van der Waals surface area contributed by atoms with Gasteiger partial charge in [0.2, 0.25) is 0 Å². The maximum absolute atomic E-state index is 12.5. The van der Waals surface area contributed by atoms with Crippen LogP contribution in [0.25, 0.3) is 0 Å². The molecule has 10 nitrogen and oxygen atoms in total. The van der Waals surface area contributed by atoms with Gasteiger partial charge in [-0.25, -0.2) is 9.59 Å². The molecule has 0 aliphatic carbocycles. The summed E-state index contributed by atoms with van der Waals surface area (Å²) in [6.07, 6.45) is 8.49. The number of nitrogens with zero attached hydrogens (tertiary/aromatic N) is 5.